The Morgan fingerprint density at radius 3 is 2.05 bits per heavy atom. The Kier molecular flexibility index (Phi) is 14.6. The van der Waals surface area contributed by atoms with Crippen LogP contribution in [0.4, 0.5) is 4.79 Å². The molecule has 2 atom stereocenters. The number of amides is 3. The standard InChI is InChI=1S/C28H33N5O4.2ClH/c1-20(32-27(35)25(29)15-13-21-8-4-2-5-9-21)26(34)31-17-23-12-14-24(30-16-23)19-33(28(36)37)18-22-10-6-3-7-11-22;;/h2-12,14,16,20,25H,13,15,17-19,29H2,1H3,(H,31,34)(H,32,35)(H,36,37);2*1H/t20-,25+;;/m0../s1. The summed E-state index contributed by atoms with van der Waals surface area (Å²) in [5, 5.41) is 15.0. The van der Waals surface area contributed by atoms with Crippen LogP contribution in [0.15, 0.2) is 79.0 Å². The third-order valence-corrected chi connectivity index (χ3v) is 5.87. The lowest BCUT2D eigenvalue weighted by Gasteiger charge is -2.19. The van der Waals surface area contributed by atoms with Gasteiger partial charge in [0, 0.05) is 19.3 Å². The zero-order valence-corrected chi connectivity index (χ0v) is 23.3. The minimum atomic E-state index is -1.03. The minimum absolute atomic E-state index is 0. The van der Waals surface area contributed by atoms with Crippen molar-refractivity contribution in [2.45, 2.75) is 51.5 Å². The Morgan fingerprint density at radius 2 is 1.49 bits per heavy atom. The van der Waals surface area contributed by atoms with Crippen molar-refractivity contribution in [2.24, 2.45) is 5.73 Å². The molecule has 0 aliphatic heterocycles. The summed E-state index contributed by atoms with van der Waals surface area (Å²) >= 11 is 0. The van der Waals surface area contributed by atoms with Crippen molar-refractivity contribution < 1.29 is 19.5 Å². The molecule has 3 amide bonds. The number of rotatable bonds is 12. The molecule has 0 saturated carbocycles. The second-order valence-electron chi connectivity index (χ2n) is 8.86. The number of aryl methyl sites for hydroxylation is 1. The van der Waals surface area contributed by atoms with Gasteiger partial charge in [0.05, 0.1) is 18.3 Å². The van der Waals surface area contributed by atoms with Gasteiger partial charge >= 0.3 is 6.09 Å². The first-order valence-electron chi connectivity index (χ1n) is 12.1. The molecule has 0 unspecified atom stereocenters. The number of nitrogens with two attached hydrogens (primary N) is 1. The summed E-state index contributed by atoms with van der Waals surface area (Å²) in [6, 6.07) is 21.2. The van der Waals surface area contributed by atoms with Gasteiger partial charge in [-0.15, -0.1) is 24.8 Å². The third-order valence-electron chi connectivity index (χ3n) is 5.87. The molecule has 11 heteroatoms. The third kappa shape index (κ3) is 11.3. The van der Waals surface area contributed by atoms with Crippen LogP contribution in [0.5, 0.6) is 0 Å². The fourth-order valence-corrected chi connectivity index (χ4v) is 3.67. The number of pyridine rings is 1. The molecule has 0 aliphatic carbocycles. The maximum atomic E-state index is 12.5. The van der Waals surface area contributed by atoms with E-state index in [2.05, 4.69) is 15.6 Å². The zero-order valence-electron chi connectivity index (χ0n) is 21.7. The predicted molar refractivity (Wildman–Crippen MR) is 155 cm³/mol. The molecule has 39 heavy (non-hydrogen) atoms. The van der Waals surface area contributed by atoms with Crippen LogP contribution in [-0.4, -0.2) is 45.0 Å². The van der Waals surface area contributed by atoms with E-state index in [1.54, 1.807) is 25.3 Å². The molecule has 0 aliphatic rings. The molecule has 5 N–H and O–H groups in total. The highest BCUT2D eigenvalue weighted by Crippen LogP contribution is 2.10. The van der Waals surface area contributed by atoms with Gasteiger partial charge in [0.15, 0.2) is 0 Å². The average Bonchev–Trinajstić information content (AvgIpc) is 2.91. The molecular formula is C28H35Cl2N5O4. The van der Waals surface area contributed by atoms with Gasteiger partial charge in [-0.25, -0.2) is 4.79 Å². The van der Waals surface area contributed by atoms with E-state index in [1.807, 2.05) is 60.7 Å². The summed E-state index contributed by atoms with van der Waals surface area (Å²) in [4.78, 5) is 42.1. The fourth-order valence-electron chi connectivity index (χ4n) is 3.67. The highest BCUT2D eigenvalue weighted by Gasteiger charge is 2.20. The van der Waals surface area contributed by atoms with Gasteiger partial charge < -0.3 is 21.5 Å². The molecule has 0 spiro atoms. The molecule has 210 valence electrons. The topological polar surface area (TPSA) is 138 Å². The fraction of sp³-hybridized carbons (Fsp3) is 0.286. The Morgan fingerprint density at radius 1 is 0.872 bits per heavy atom. The highest BCUT2D eigenvalue weighted by molar-refractivity contribution is 5.89. The van der Waals surface area contributed by atoms with Gasteiger partial charge in [0.1, 0.15) is 6.04 Å². The Hall–Kier alpha value is -3.66. The van der Waals surface area contributed by atoms with Crippen LogP contribution in [0.1, 0.15) is 35.7 Å². The lowest BCUT2D eigenvalue weighted by Crippen LogP contribution is -2.50. The smallest absolute Gasteiger partial charge is 0.407 e. The summed E-state index contributed by atoms with van der Waals surface area (Å²) in [5.74, 6) is -0.712. The van der Waals surface area contributed by atoms with E-state index < -0.39 is 18.2 Å². The van der Waals surface area contributed by atoms with Crippen molar-refractivity contribution in [1.82, 2.24) is 20.5 Å². The van der Waals surface area contributed by atoms with E-state index in [1.165, 1.54) is 4.90 Å². The Bertz CT molecular complexity index is 1170. The molecule has 3 aromatic rings. The van der Waals surface area contributed by atoms with Crippen molar-refractivity contribution in [3.05, 3.63) is 101 Å². The molecule has 0 fully saturated rings. The van der Waals surface area contributed by atoms with Gasteiger partial charge in [-0.3, -0.25) is 19.5 Å². The van der Waals surface area contributed by atoms with E-state index in [-0.39, 0.29) is 56.3 Å². The molecule has 2 aromatic carbocycles. The first kappa shape index (κ1) is 33.4. The van der Waals surface area contributed by atoms with Crippen molar-refractivity contribution in [3.8, 4) is 0 Å². The lowest BCUT2D eigenvalue weighted by molar-refractivity contribution is -0.129. The average molecular weight is 577 g/mol. The predicted octanol–water partition coefficient (Wildman–Crippen LogP) is 3.69. The maximum Gasteiger partial charge on any atom is 0.407 e. The normalized spacial score (nSPS) is 11.6. The number of carbonyl (C=O) groups is 3. The number of carboxylic acid groups (broad SMARTS) is 1. The summed E-state index contributed by atoms with van der Waals surface area (Å²) < 4.78 is 0. The summed E-state index contributed by atoms with van der Waals surface area (Å²) in [5.41, 5.74) is 9.33. The number of hydrogen-bond donors (Lipinski definition) is 4. The van der Waals surface area contributed by atoms with Crippen molar-refractivity contribution in [1.29, 1.82) is 0 Å². The van der Waals surface area contributed by atoms with Crippen LogP contribution in [0, 0.1) is 0 Å². The van der Waals surface area contributed by atoms with Crippen LogP contribution in [0.25, 0.3) is 0 Å². The summed E-state index contributed by atoms with van der Waals surface area (Å²) in [6.45, 7) is 2.23. The van der Waals surface area contributed by atoms with Gasteiger partial charge in [0.25, 0.3) is 0 Å². The zero-order chi connectivity index (χ0) is 26.6. The number of aromatic nitrogens is 1. The largest absolute Gasteiger partial charge is 0.465 e. The molecule has 1 heterocycles. The second kappa shape index (κ2) is 17.0. The van der Waals surface area contributed by atoms with E-state index >= 15 is 0 Å². The molecule has 1 aromatic heterocycles. The van der Waals surface area contributed by atoms with Crippen LogP contribution in [0.3, 0.4) is 0 Å². The summed E-state index contributed by atoms with van der Waals surface area (Å²) in [6.07, 6.45) is 1.72. The van der Waals surface area contributed by atoms with E-state index in [0.717, 1.165) is 16.7 Å². The van der Waals surface area contributed by atoms with Crippen LogP contribution in [-0.2, 0) is 35.6 Å². The number of nitrogens with one attached hydrogen (secondary N) is 2. The number of nitrogens with zero attached hydrogens (tertiary/aromatic N) is 2. The minimum Gasteiger partial charge on any atom is -0.465 e. The lowest BCUT2D eigenvalue weighted by atomic mass is 10.1. The van der Waals surface area contributed by atoms with Gasteiger partial charge in [-0.2, -0.15) is 0 Å². The van der Waals surface area contributed by atoms with Crippen LogP contribution >= 0.6 is 24.8 Å². The van der Waals surface area contributed by atoms with Gasteiger partial charge in [0.2, 0.25) is 11.8 Å². The first-order chi connectivity index (χ1) is 17.8. The SMILES string of the molecule is C[C@H](NC(=O)[C@H](N)CCc1ccccc1)C(=O)NCc1ccc(CN(Cc2ccccc2)C(=O)O)nc1.Cl.Cl. The molecule has 0 bridgehead atoms. The Balaban J connectivity index is 0.00000380. The van der Waals surface area contributed by atoms with Crippen LogP contribution in [0.2, 0.25) is 0 Å². The summed E-state index contributed by atoms with van der Waals surface area (Å²) in [7, 11) is 0. The molecule has 0 radical (unpaired) electrons. The quantitative estimate of drug-likeness (QED) is 0.260. The number of halogens is 2. The van der Waals surface area contributed by atoms with E-state index in [9.17, 15) is 19.5 Å². The molecule has 9 nitrogen and oxygen atoms in total. The number of carbonyl (C=O) groups excluding carboxylic acids is 2. The van der Waals surface area contributed by atoms with E-state index in [0.29, 0.717) is 18.5 Å². The second-order valence-corrected chi connectivity index (χ2v) is 8.86. The molecular weight excluding hydrogens is 541 g/mol. The first-order valence-corrected chi connectivity index (χ1v) is 12.1. The van der Waals surface area contributed by atoms with Crippen molar-refractivity contribution >= 4 is 42.7 Å². The monoisotopic (exact) mass is 575 g/mol. The highest BCUT2D eigenvalue weighted by atomic mass is 35.5. The molecule has 0 saturated heterocycles. The van der Waals surface area contributed by atoms with Gasteiger partial charge in [-0.05, 0) is 42.5 Å². The molecule has 3 rings (SSSR count). The van der Waals surface area contributed by atoms with E-state index in [4.69, 9.17) is 5.73 Å². The van der Waals surface area contributed by atoms with Crippen LogP contribution < -0.4 is 16.4 Å². The Labute approximate surface area is 241 Å². The van der Waals surface area contributed by atoms with Crippen molar-refractivity contribution in [2.75, 3.05) is 0 Å². The van der Waals surface area contributed by atoms with Crippen molar-refractivity contribution in [3.63, 3.8) is 0 Å². The van der Waals surface area contributed by atoms with Gasteiger partial charge in [-0.1, -0.05) is 66.7 Å². The number of hydrogen-bond acceptors (Lipinski definition) is 5. The number of benzene rings is 2. The maximum absolute atomic E-state index is 12.5.